The number of alkyl halides is 3. The molecule has 2 aromatic carbocycles. The molecule has 6 nitrogen and oxygen atoms in total. The Morgan fingerprint density at radius 2 is 1.89 bits per heavy atom. The van der Waals surface area contributed by atoms with E-state index in [9.17, 15) is 17.6 Å². The third-order valence-corrected chi connectivity index (χ3v) is 3.59. The molecule has 27 heavy (non-hydrogen) atoms. The van der Waals surface area contributed by atoms with Gasteiger partial charge in [-0.25, -0.2) is 4.39 Å². The van der Waals surface area contributed by atoms with Gasteiger partial charge in [-0.1, -0.05) is 12.1 Å². The quantitative estimate of drug-likeness (QED) is 0.432. The van der Waals surface area contributed by atoms with Crippen molar-refractivity contribution in [2.45, 2.75) is 12.8 Å². The highest BCUT2D eigenvalue weighted by Crippen LogP contribution is 2.24. The minimum atomic E-state index is -4.76. The Morgan fingerprint density at radius 3 is 2.52 bits per heavy atom. The summed E-state index contributed by atoms with van der Waals surface area (Å²) in [5.41, 5.74) is 6.87. The number of benzene rings is 2. The molecule has 0 spiro atoms. The maximum atomic E-state index is 13.5. The molecular formula is C17H14F4N5O+. The molecule has 0 fully saturated rings. The number of hydrogen-bond acceptors (Lipinski definition) is 3. The van der Waals surface area contributed by atoms with Crippen molar-refractivity contribution in [3.63, 3.8) is 0 Å². The molecule has 5 N–H and O–H groups in total. The number of amidine groups is 2. The predicted octanol–water partition coefficient (Wildman–Crippen LogP) is 2.21. The molecule has 0 unspecified atom stereocenters. The average molecular weight is 380 g/mol. The van der Waals surface area contributed by atoms with Crippen molar-refractivity contribution in [2.24, 2.45) is 15.7 Å². The molecule has 1 aliphatic heterocycles. The van der Waals surface area contributed by atoms with Crippen LogP contribution in [0, 0.1) is 11.2 Å². The molecule has 1 aliphatic rings. The summed E-state index contributed by atoms with van der Waals surface area (Å²) in [6.45, 7) is 0. The van der Waals surface area contributed by atoms with Crippen LogP contribution in [0.5, 0.6) is 5.75 Å². The van der Waals surface area contributed by atoms with E-state index in [0.29, 0.717) is 28.5 Å². The van der Waals surface area contributed by atoms with Gasteiger partial charge >= 0.3 is 6.36 Å². The molecule has 140 valence electrons. The van der Waals surface area contributed by atoms with Crippen molar-refractivity contribution in [1.29, 1.82) is 5.41 Å². The topological polar surface area (TPSA) is 100 Å². The first-order valence-corrected chi connectivity index (χ1v) is 7.69. The molecule has 1 heterocycles. The number of nitrogens with zero attached hydrogens (tertiary/aromatic N) is 2. The second kappa shape index (κ2) is 7.16. The fourth-order valence-electron chi connectivity index (χ4n) is 2.57. The lowest BCUT2D eigenvalue weighted by atomic mass is 10.1. The van der Waals surface area contributed by atoms with E-state index in [1.165, 1.54) is 42.5 Å². The normalized spacial score (nSPS) is 15.3. The number of hydrogen-bond donors (Lipinski definition) is 3. The highest BCUT2D eigenvalue weighted by molar-refractivity contribution is 6.08. The second-order valence-electron chi connectivity index (χ2n) is 5.66. The maximum Gasteiger partial charge on any atom is 0.573 e. The van der Waals surface area contributed by atoms with E-state index in [-0.39, 0.29) is 12.2 Å². The van der Waals surface area contributed by atoms with Gasteiger partial charge in [0, 0.05) is 6.07 Å². The molecule has 10 heteroatoms. The van der Waals surface area contributed by atoms with Crippen LogP contribution in [0.1, 0.15) is 11.1 Å². The predicted molar refractivity (Wildman–Crippen MR) is 90.7 cm³/mol. The first-order valence-electron chi connectivity index (χ1n) is 7.69. The van der Waals surface area contributed by atoms with E-state index in [0.717, 1.165) is 0 Å². The summed E-state index contributed by atoms with van der Waals surface area (Å²) in [6, 6.07) is 9.32. The smallest absolute Gasteiger partial charge is 0.406 e. The molecule has 0 amide bonds. The summed E-state index contributed by atoms with van der Waals surface area (Å²) >= 11 is 0. The molecule has 0 atom stereocenters. The van der Waals surface area contributed by atoms with Crippen LogP contribution in [-0.2, 0) is 6.42 Å². The van der Waals surface area contributed by atoms with E-state index in [4.69, 9.17) is 11.1 Å². The highest BCUT2D eigenvalue weighted by Gasteiger charge is 2.31. The minimum absolute atomic E-state index is 0.263. The lowest BCUT2D eigenvalue weighted by molar-refractivity contribution is -0.410. The molecular weight excluding hydrogens is 366 g/mol. The van der Waals surface area contributed by atoms with Gasteiger partial charge in [0.05, 0.1) is 17.7 Å². The fourth-order valence-corrected chi connectivity index (χ4v) is 2.57. The number of nitrogens with one attached hydrogen (secondary N) is 1. The van der Waals surface area contributed by atoms with Crippen LogP contribution < -0.4 is 15.8 Å². The van der Waals surface area contributed by atoms with Gasteiger partial charge in [-0.2, -0.15) is 9.98 Å². The molecule has 0 radical (unpaired) electrons. The van der Waals surface area contributed by atoms with Crippen molar-refractivity contribution in [2.75, 3.05) is 0 Å². The lowest BCUT2D eigenvalue weighted by Gasteiger charge is -2.15. The van der Waals surface area contributed by atoms with Crippen LogP contribution in [-0.4, -0.2) is 24.0 Å². The SMILES string of the molecule is N=C(N)/N=C1\[NH2+]C(Cc2ccc(OC(F)(F)F)cc2)=Nc2cc(F)ccc21. The first kappa shape index (κ1) is 18.5. The standard InChI is InChI=1S/C17H13F4N5O/c18-10-3-6-12-13(8-10)24-14(25-15(12)26-16(22)23)7-9-1-4-11(5-2-9)27-17(19,20)21/h1-6,8H,7H2,(H4,22,23,24,25,26)/p+1. The van der Waals surface area contributed by atoms with Gasteiger partial charge in [0.25, 0.3) is 0 Å². The van der Waals surface area contributed by atoms with Crippen molar-refractivity contribution >= 4 is 23.3 Å². The van der Waals surface area contributed by atoms with Crippen LogP contribution in [0.4, 0.5) is 23.2 Å². The largest absolute Gasteiger partial charge is 0.573 e. The fraction of sp³-hybridized carbons (Fsp3) is 0.118. The number of fused-ring (bicyclic) bond motifs is 1. The molecule has 3 rings (SSSR count). The van der Waals surface area contributed by atoms with Gasteiger partial charge in [-0.15, -0.1) is 13.2 Å². The van der Waals surface area contributed by atoms with E-state index in [1.54, 1.807) is 5.32 Å². The Kier molecular flexibility index (Phi) is 4.91. The van der Waals surface area contributed by atoms with E-state index in [1.807, 2.05) is 0 Å². The maximum absolute atomic E-state index is 13.5. The van der Waals surface area contributed by atoms with Gasteiger partial charge in [0.1, 0.15) is 11.6 Å². The van der Waals surface area contributed by atoms with Gasteiger partial charge < -0.3 is 10.5 Å². The third-order valence-electron chi connectivity index (χ3n) is 3.59. The molecule has 0 aliphatic carbocycles. The van der Waals surface area contributed by atoms with Crippen LogP contribution in [0.15, 0.2) is 52.4 Å². The number of halogens is 4. The number of quaternary nitrogens is 1. The van der Waals surface area contributed by atoms with Crippen molar-refractivity contribution in [1.82, 2.24) is 0 Å². The summed E-state index contributed by atoms with van der Waals surface area (Å²) in [5, 5.41) is 8.95. The number of aliphatic imine (C=N–C) groups is 2. The Morgan fingerprint density at radius 1 is 1.19 bits per heavy atom. The van der Waals surface area contributed by atoms with Gasteiger partial charge in [0.2, 0.25) is 17.6 Å². The Labute approximate surface area is 150 Å². The zero-order valence-corrected chi connectivity index (χ0v) is 13.7. The number of nitrogens with two attached hydrogens (primary N) is 2. The minimum Gasteiger partial charge on any atom is -0.406 e. The number of rotatable bonds is 3. The van der Waals surface area contributed by atoms with Crippen molar-refractivity contribution in [3.05, 3.63) is 59.4 Å². The lowest BCUT2D eigenvalue weighted by Crippen LogP contribution is -2.93. The van der Waals surface area contributed by atoms with E-state index >= 15 is 0 Å². The van der Waals surface area contributed by atoms with Gasteiger partial charge in [-0.05, 0) is 29.8 Å². The van der Waals surface area contributed by atoms with Crippen molar-refractivity contribution in [3.8, 4) is 5.75 Å². The Hall–Kier alpha value is -3.27. The summed E-state index contributed by atoms with van der Waals surface area (Å²) in [4.78, 5) is 8.29. The van der Waals surface area contributed by atoms with Crippen LogP contribution in [0.2, 0.25) is 0 Å². The van der Waals surface area contributed by atoms with E-state index in [2.05, 4.69) is 14.7 Å². The van der Waals surface area contributed by atoms with Crippen LogP contribution in [0.3, 0.4) is 0 Å². The average Bonchev–Trinajstić information content (AvgIpc) is 2.54. The monoisotopic (exact) mass is 380 g/mol. The second-order valence-corrected chi connectivity index (χ2v) is 5.66. The molecule has 0 saturated carbocycles. The zero-order chi connectivity index (χ0) is 19.6. The first-order chi connectivity index (χ1) is 12.7. The zero-order valence-electron chi connectivity index (χ0n) is 13.7. The summed E-state index contributed by atoms with van der Waals surface area (Å²) < 4.78 is 54.0. The van der Waals surface area contributed by atoms with Crippen molar-refractivity contribution < 1.29 is 27.6 Å². The third kappa shape index (κ3) is 4.88. The summed E-state index contributed by atoms with van der Waals surface area (Å²) in [5.74, 6) is -0.356. The Balaban J connectivity index is 1.85. The molecule has 0 bridgehead atoms. The molecule has 0 saturated heterocycles. The van der Waals surface area contributed by atoms with Crippen LogP contribution >= 0.6 is 0 Å². The summed E-state index contributed by atoms with van der Waals surface area (Å²) in [7, 11) is 0. The number of ether oxygens (including phenoxy) is 1. The van der Waals surface area contributed by atoms with Gasteiger partial charge in [-0.3, -0.25) is 10.7 Å². The van der Waals surface area contributed by atoms with Gasteiger partial charge in [0.15, 0.2) is 0 Å². The molecule has 0 aromatic heterocycles. The number of guanidine groups is 1. The van der Waals surface area contributed by atoms with Crippen LogP contribution in [0.25, 0.3) is 0 Å². The summed E-state index contributed by atoms with van der Waals surface area (Å²) in [6.07, 6.45) is -4.49. The Bertz CT molecular complexity index is 935. The highest BCUT2D eigenvalue weighted by atomic mass is 19.4. The van der Waals surface area contributed by atoms with E-state index < -0.39 is 18.1 Å². The molecule has 2 aromatic rings.